The molecule has 168 valence electrons. The largest absolute Gasteiger partial charge is 0.490 e. The minimum Gasteiger partial charge on any atom is -0.490 e. The fraction of sp³-hybridized carbons (Fsp3) is 0.250. The first-order valence-electron chi connectivity index (χ1n) is 10.1. The average Bonchev–Trinajstić information content (AvgIpc) is 3.23. The Morgan fingerprint density at radius 3 is 2.59 bits per heavy atom. The van der Waals surface area contributed by atoms with Crippen LogP contribution in [0.1, 0.15) is 23.6 Å². The van der Waals surface area contributed by atoms with Crippen molar-refractivity contribution in [3.05, 3.63) is 80.5 Å². The van der Waals surface area contributed by atoms with Gasteiger partial charge in [-0.25, -0.2) is 4.39 Å². The smallest absolute Gasteiger partial charge is 0.231 e. The maximum atomic E-state index is 13.3. The highest BCUT2D eigenvalue weighted by Gasteiger charge is 2.14. The molecule has 0 atom stereocenters. The summed E-state index contributed by atoms with van der Waals surface area (Å²) in [5, 5.41) is 3.76. The first-order valence-corrected chi connectivity index (χ1v) is 11.3. The summed E-state index contributed by atoms with van der Waals surface area (Å²) in [6, 6.07) is 14.0. The molecule has 5 nitrogen and oxygen atoms in total. The Kier molecular flexibility index (Phi) is 7.40. The number of fused-ring (bicyclic) bond motifs is 1. The van der Waals surface area contributed by atoms with Crippen LogP contribution in [-0.2, 0) is 19.7 Å². The van der Waals surface area contributed by atoms with E-state index in [0.717, 1.165) is 27.1 Å². The quantitative estimate of drug-likeness (QED) is 0.361. The van der Waals surface area contributed by atoms with Crippen LogP contribution >= 0.6 is 27.5 Å². The molecule has 0 bridgehead atoms. The molecule has 0 saturated carbocycles. The number of hydrogen-bond acceptors (Lipinski definition) is 5. The summed E-state index contributed by atoms with van der Waals surface area (Å²) in [5.74, 6) is 2.38. The molecule has 0 amide bonds. The molecule has 1 aliphatic heterocycles. The van der Waals surface area contributed by atoms with Gasteiger partial charge < -0.3 is 24.3 Å². The zero-order chi connectivity index (χ0) is 22.5. The van der Waals surface area contributed by atoms with Crippen molar-refractivity contribution < 1.29 is 23.3 Å². The van der Waals surface area contributed by atoms with Crippen molar-refractivity contribution in [2.75, 3.05) is 13.4 Å². The summed E-state index contributed by atoms with van der Waals surface area (Å²) in [4.78, 5) is 0. The summed E-state index contributed by atoms with van der Waals surface area (Å²) in [6.07, 6.45) is 0. The van der Waals surface area contributed by atoms with Crippen LogP contribution in [0.5, 0.6) is 23.0 Å². The lowest BCUT2D eigenvalue weighted by Gasteiger charge is -2.16. The van der Waals surface area contributed by atoms with Crippen molar-refractivity contribution in [3.63, 3.8) is 0 Å². The predicted octanol–water partition coefficient (Wildman–Crippen LogP) is 6.24. The highest BCUT2D eigenvalue weighted by Crippen LogP contribution is 2.35. The molecule has 0 radical (unpaired) electrons. The maximum absolute atomic E-state index is 13.3. The molecule has 1 N–H and O–H groups in total. The van der Waals surface area contributed by atoms with Crippen molar-refractivity contribution in [1.29, 1.82) is 0 Å². The molecule has 0 aliphatic carbocycles. The minimum absolute atomic E-state index is 0.202. The van der Waals surface area contributed by atoms with Crippen molar-refractivity contribution in [2.24, 2.45) is 0 Å². The molecular formula is C24H22BrClFNO4. The molecule has 8 heteroatoms. The molecule has 4 rings (SSSR count). The third kappa shape index (κ3) is 5.46. The van der Waals surface area contributed by atoms with Gasteiger partial charge in [0.05, 0.1) is 11.6 Å². The van der Waals surface area contributed by atoms with Gasteiger partial charge in [-0.05, 0) is 54.4 Å². The third-order valence-electron chi connectivity index (χ3n) is 4.89. The van der Waals surface area contributed by atoms with Crippen molar-refractivity contribution in [2.45, 2.75) is 26.6 Å². The van der Waals surface area contributed by atoms with E-state index in [2.05, 4.69) is 21.2 Å². The Bertz CT molecular complexity index is 1110. The number of ether oxygens (including phenoxy) is 4. The van der Waals surface area contributed by atoms with E-state index in [0.29, 0.717) is 41.8 Å². The molecule has 0 fully saturated rings. The van der Waals surface area contributed by atoms with Crippen LogP contribution in [0.25, 0.3) is 0 Å². The molecule has 0 aromatic heterocycles. The number of nitrogens with one attached hydrogen (secondary N) is 1. The Hall–Kier alpha value is -2.48. The second kappa shape index (κ2) is 10.4. The topological polar surface area (TPSA) is 49.0 Å². The Labute approximate surface area is 199 Å². The standard InChI is InChI=1S/C24H22BrClFNO4/c1-2-29-23-8-17(12-28-11-15-3-6-21-22(7-15)32-14-31-21)19(25)10-24(23)30-13-16-4-5-18(27)9-20(16)26/h3-10,28H,2,11-14H2,1H3. The van der Waals surface area contributed by atoms with Crippen molar-refractivity contribution in [1.82, 2.24) is 5.32 Å². The van der Waals surface area contributed by atoms with Gasteiger partial charge in [0.2, 0.25) is 6.79 Å². The summed E-state index contributed by atoms with van der Waals surface area (Å²) < 4.78 is 36.7. The highest BCUT2D eigenvalue weighted by molar-refractivity contribution is 9.10. The van der Waals surface area contributed by atoms with E-state index < -0.39 is 0 Å². The van der Waals surface area contributed by atoms with E-state index in [4.69, 9.17) is 30.5 Å². The molecule has 3 aromatic rings. The number of hydrogen-bond donors (Lipinski definition) is 1. The summed E-state index contributed by atoms with van der Waals surface area (Å²) >= 11 is 9.73. The fourth-order valence-electron chi connectivity index (χ4n) is 3.28. The second-order valence-electron chi connectivity index (χ2n) is 7.14. The van der Waals surface area contributed by atoms with E-state index in [1.165, 1.54) is 12.1 Å². The summed E-state index contributed by atoms with van der Waals surface area (Å²) in [5.41, 5.74) is 2.83. The lowest BCUT2D eigenvalue weighted by atomic mass is 10.1. The van der Waals surface area contributed by atoms with Gasteiger partial charge >= 0.3 is 0 Å². The van der Waals surface area contributed by atoms with Crippen LogP contribution < -0.4 is 24.3 Å². The predicted molar refractivity (Wildman–Crippen MR) is 124 cm³/mol. The lowest BCUT2D eigenvalue weighted by Crippen LogP contribution is -2.13. The Morgan fingerprint density at radius 1 is 0.969 bits per heavy atom. The van der Waals surface area contributed by atoms with Gasteiger partial charge in [0.25, 0.3) is 0 Å². The maximum Gasteiger partial charge on any atom is 0.231 e. The molecule has 32 heavy (non-hydrogen) atoms. The van der Waals surface area contributed by atoms with E-state index in [1.54, 1.807) is 6.07 Å². The second-order valence-corrected chi connectivity index (χ2v) is 8.40. The molecule has 1 heterocycles. The van der Waals surface area contributed by atoms with E-state index in [-0.39, 0.29) is 19.2 Å². The summed E-state index contributed by atoms with van der Waals surface area (Å²) in [6.45, 7) is 4.18. The van der Waals surface area contributed by atoms with Crippen LogP contribution in [-0.4, -0.2) is 13.4 Å². The van der Waals surface area contributed by atoms with Gasteiger partial charge in [-0.15, -0.1) is 0 Å². The molecule has 1 aliphatic rings. The van der Waals surface area contributed by atoms with Crippen LogP contribution in [0.15, 0.2) is 53.0 Å². The van der Waals surface area contributed by atoms with Gasteiger partial charge in [-0.2, -0.15) is 0 Å². The number of halogens is 3. The minimum atomic E-state index is -0.380. The Balaban J connectivity index is 1.42. The molecular weight excluding hydrogens is 501 g/mol. The van der Waals surface area contributed by atoms with Crippen LogP contribution in [0.2, 0.25) is 5.02 Å². The molecule has 0 unspecified atom stereocenters. The van der Waals surface area contributed by atoms with E-state index in [9.17, 15) is 4.39 Å². The van der Waals surface area contributed by atoms with Gasteiger partial charge in [-0.3, -0.25) is 0 Å². The fourth-order valence-corrected chi connectivity index (χ4v) is 3.96. The summed E-state index contributed by atoms with van der Waals surface area (Å²) in [7, 11) is 0. The van der Waals surface area contributed by atoms with E-state index >= 15 is 0 Å². The van der Waals surface area contributed by atoms with Crippen molar-refractivity contribution in [3.8, 4) is 23.0 Å². The normalized spacial score (nSPS) is 12.1. The van der Waals surface area contributed by atoms with Crippen LogP contribution in [0.3, 0.4) is 0 Å². The average molecular weight is 523 g/mol. The van der Waals surface area contributed by atoms with Gasteiger partial charge in [-0.1, -0.05) is 39.7 Å². The zero-order valence-corrected chi connectivity index (χ0v) is 19.8. The molecule has 0 spiro atoms. The highest BCUT2D eigenvalue weighted by atomic mass is 79.9. The SMILES string of the molecule is CCOc1cc(CNCc2ccc3c(c2)OCO3)c(Br)cc1OCc1ccc(F)cc1Cl. The third-order valence-corrected chi connectivity index (χ3v) is 5.98. The first-order chi connectivity index (χ1) is 15.5. The van der Waals surface area contributed by atoms with E-state index in [1.807, 2.05) is 37.3 Å². The van der Waals surface area contributed by atoms with Gasteiger partial charge in [0.15, 0.2) is 23.0 Å². The van der Waals surface area contributed by atoms with Gasteiger partial charge in [0.1, 0.15) is 12.4 Å². The number of benzene rings is 3. The Morgan fingerprint density at radius 2 is 1.78 bits per heavy atom. The molecule has 0 saturated heterocycles. The van der Waals surface area contributed by atoms with Gasteiger partial charge in [0, 0.05) is 23.1 Å². The van der Waals surface area contributed by atoms with Crippen LogP contribution in [0.4, 0.5) is 4.39 Å². The monoisotopic (exact) mass is 521 g/mol. The first kappa shape index (κ1) is 22.7. The lowest BCUT2D eigenvalue weighted by molar-refractivity contribution is 0.174. The number of rotatable bonds is 9. The van der Waals surface area contributed by atoms with Crippen molar-refractivity contribution >= 4 is 27.5 Å². The zero-order valence-electron chi connectivity index (χ0n) is 17.4. The molecule has 3 aromatic carbocycles. The van der Waals surface area contributed by atoms with Crippen LogP contribution in [0, 0.1) is 5.82 Å².